The summed E-state index contributed by atoms with van der Waals surface area (Å²) in [5.74, 6) is 1.15. The predicted molar refractivity (Wildman–Crippen MR) is 78.4 cm³/mol. The van der Waals surface area contributed by atoms with Crippen LogP contribution in [0.15, 0.2) is 24.3 Å². The summed E-state index contributed by atoms with van der Waals surface area (Å²) in [6.45, 7) is 10.0. The van der Waals surface area contributed by atoms with Crippen molar-refractivity contribution in [3.05, 3.63) is 29.8 Å². The normalized spacial score (nSPS) is 14.0. The van der Waals surface area contributed by atoms with Crippen LogP contribution in [0.2, 0.25) is 0 Å². The van der Waals surface area contributed by atoms with Gasteiger partial charge in [0.2, 0.25) is 0 Å². The number of ether oxygens (including phenoxy) is 1. The molecular weight excluding hydrogens is 238 g/mol. The summed E-state index contributed by atoms with van der Waals surface area (Å²) >= 11 is 0. The van der Waals surface area contributed by atoms with E-state index in [1.165, 1.54) is 0 Å². The van der Waals surface area contributed by atoms with E-state index in [1.807, 2.05) is 31.2 Å². The quantitative estimate of drug-likeness (QED) is 0.856. The monoisotopic (exact) mass is 263 g/mol. The lowest BCUT2D eigenvalue weighted by Crippen LogP contribution is -2.43. The zero-order chi connectivity index (χ0) is 14.4. The summed E-state index contributed by atoms with van der Waals surface area (Å²) in [7, 11) is 0. The number of aryl methyl sites for hydroxylation is 1. The molecule has 1 amide bonds. The molecule has 0 fully saturated rings. The Kier molecular flexibility index (Phi) is 5.87. The van der Waals surface area contributed by atoms with Gasteiger partial charge in [-0.25, -0.2) is 0 Å². The van der Waals surface area contributed by atoms with Crippen molar-refractivity contribution < 1.29 is 9.53 Å². The van der Waals surface area contributed by atoms with Gasteiger partial charge in [-0.3, -0.25) is 4.79 Å². The lowest BCUT2D eigenvalue weighted by Gasteiger charge is -2.21. The second-order valence-electron chi connectivity index (χ2n) is 5.26. The smallest absolute Gasteiger partial charge is 0.260 e. The van der Waals surface area contributed by atoms with Gasteiger partial charge in [0.05, 0.1) is 0 Å². The molecule has 0 aliphatic heterocycles. The van der Waals surface area contributed by atoms with E-state index in [0.717, 1.165) is 17.7 Å². The van der Waals surface area contributed by atoms with Gasteiger partial charge in [-0.15, -0.1) is 0 Å². The molecule has 0 aromatic heterocycles. The van der Waals surface area contributed by atoms with Crippen LogP contribution in [0, 0.1) is 5.92 Å². The number of carbonyl (C=O) groups is 1. The molecule has 106 valence electrons. The summed E-state index contributed by atoms with van der Waals surface area (Å²) in [4.78, 5) is 12.0. The van der Waals surface area contributed by atoms with E-state index in [9.17, 15) is 4.79 Å². The molecular formula is C16H25NO2. The highest BCUT2D eigenvalue weighted by Gasteiger charge is 2.19. The first-order valence-electron chi connectivity index (χ1n) is 7.00. The van der Waals surface area contributed by atoms with Crippen LogP contribution in [0.3, 0.4) is 0 Å². The van der Waals surface area contributed by atoms with E-state index in [1.54, 1.807) is 6.92 Å². The Balaban J connectivity index is 2.63. The second-order valence-corrected chi connectivity index (χ2v) is 5.26. The Morgan fingerprint density at radius 2 is 1.84 bits per heavy atom. The SMILES string of the molecule is CCc1ccccc1O[C@@H](C)C(=O)N[C@H](C)C(C)C. The summed E-state index contributed by atoms with van der Waals surface area (Å²) in [6, 6.07) is 8.00. The molecule has 0 heterocycles. The highest BCUT2D eigenvalue weighted by molar-refractivity contribution is 5.81. The number of para-hydroxylation sites is 1. The molecule has 0 bridgehead atoms. The third kappa shape index (κ3) is 4.58. The Bertz CT molecular complexity index is 415. The van der Waals surface area contributed by atoms with Gasteiger partial charge in [0, 0.05) is 6.04 Å². The van der Waals surface area contributed by atoms with Crippen LogP contribution in [-0.4, -0.2) is 18.1 Å². The number of hydrogen-bond acceptors (Lipinski definition) is 2. The maximum Gasteiger partial charge on any atom is 0.260 e. The van der Waals surface area contributed by atoms with Crippen LogP contribution in [0.1, 0.15) is 40.2 Å². The fourth-order valence-electron chi connectivity index (χ4n) is 1.66. The zero-order valence-corrected chi connectivity index (χ0v) is 12.6. The zero-order valence-electron chi connectivity index (χ0n) is 12.6. The Hall–Kier alpha value is -1.51. The molecule has 1 rings (SSSR count). The number of nitrogens with one attached hydrogen (secondary N) is 1. The third-order valence-corrected chi connectivity index (χ3v) is 3.40. The van der Waals surface area contributed by atoms with Crippen LogP contribution in [0.4, 0.5) is 0 Å². The largest absolute Gasteiger partial charge is 0.481 e. The number of carbonyl (C=O) groups excluding carboxylic acids is 1. The second kappa shape index (κ2) is 7.17. The molecule has 0 saturated heterocycles. The maximum atomic E-state index is 12.0. The van der Waals surface area contributed by atoms with E-state index in [-0.39, 0.29) is 11.9 Å². The molecule has 0 spiro atoms. The van der Waals surface area contributed by atoms with Gasteiger partial charge in [0.1, 0.15) is 5.75 Å². The molecule has 0 saturated carbocycles. The highest BCUT2D eigenvalue weighted by Crippen LogP contribution is 2.19. The molecule has 2 atom stereocenters. The third-order valence-electron chi connectivity index (χ3n) is 3.40. The van der Waals surface area contributed by atoms with Crippen LogP contribution >= 0.6 is 0 Å². The molecule has 1 N–H and O–H groups in total. The van der Waals surface area contributed by atoms with Crippen LogP contribution in [0.5, 0.6) is 5.75 Å². The van der Waals surface area contributed by atoms with Gasteiger partial charge in [-0.2, -0.15) is 0 Å². The molecule has 0 radical (unpaired) electrons. The first-order valence-corrected chi connectivity index (χ1v) is 7.00. The lowest BCUT2D eigenvalue weighted by atomic mass is 10.1. The minimum atomic E-state index is -0.478. The lowest BCUT2D eigenvalue weighted by molar-refractivity contribution is -0.128. The van der Waals surface area contributed by atoms with Crippen molar-refractivity contribution in [1.82, 2.24) is 5.32 Å². The highest BCUT2D eigenvalue weighted by atomic mass is 16.5. The topological polar surface area (TPSA) is 38.3 Å². The fourth-order valence-corrected chi connectivity index (χ4v) is 1.66. The van der Waals surface area contributed by atoms with Crippen molar-refractivity contribution in [1.29, 1.82) is 0 Å². The number of hydrogen-bond donors (Lipinski definition) is 1. The number of amides is 1. The molecule has 0 aliphatic rings. The molecule has 3 nitrogen and oxygen atoms in total. The molecule has 3 heteroatoms. The molecule has 0 unspecified atom stereocenters. The standard InChI is InChI=1S/C16H25NO2/c1-6-14-9-7-8-10-15(14)19-13(5)16(18)17-12(4)11(2)3/h7-13H,6H2,1-5H3,(H,17,18)/t12-,13+/m1/s1. The molecule has 19 heavy (non-hydrogen) atoms. The number of benzene rings is 1. The van der Waals surface area contributed by atoms with Crippen molar-refractivity contribution in [2.24, 2.45) is 5.92 Å². The van der Waals surface area contributed by atoms with Crippen molar-refractivity contribution in [2.75, 3.05) is 0 Å². The van der Waals surface area contributed by atoms with Crippen LogP contribution in [0.25, 0.3) is 0 Å². The number of rotatable bonds is 6. The summed E-state index contributed by atoms with van der Waals surface area (Å²) in [6.07, 6.45) is 0.418. The van der Waals surface area contributed by atoms with Crippen LogP contribution in [-0.2, 0) is 11.2 Å². The van der Waals surface area contributed by atoms with E-state index in [2.05, 4.69) is 26.1 Å². The van der Waals surface area contributed by atoms with Crippen molar-refractivity contribution in [3.8, 4) is 5.75 Å². The van der Waals surface area contributed by atoms with Crippen molar-refractivity contribution in [2.45, 2.75) is 53.2 Å². The van der Waals surface area contributed by atoms with Gasteiger partial charge in [0.25, 0.3) is 5.91 Å². The first-order chi connectivity index (χ1) is 8.95. The summed E-state index contributed by atoms with van der Waals surface area (Å²) in [5.41, 5.74) is 1.12. The van der Waals surface area contributed by atoms with Gasteiger partial charge in [0.15, 0.2) is 6.10 Å². The Morgan fingerprint density at radius 3 is 2.42 bits per heavy atom. The Labute approximate surface area is 116 Å². The van der Waals surface area contributed by atoms with Crippen molar-refractivity contribution in [3.63, 3.8) is 0 Å². The van der Waals surface area contributed by atoms with Crippen molar-refractivity contribution >= 4 is 5.91 Å². The van der Waals surface area contributed by atoms with E-state index in [4.69, 9.17) is 4.74 Å². The summed E-state index contributed by atoms with van der Waals surface area (Å²) in [5, 5.41) is 2.97. The summed E-state index contributed by atoms with van der Waals surface area (Å²) < 4.78 is 5.77. The van der Waals surface area contributed by atoms with E-state index >= 15 is 0 Å². The average Bonchev–Trinajstić information content (AvgIpc) is 2.38. The minimum Gasteiger partial charge on any atom is -0.481 e. The molecule has 1 aromatic rings. The average molecular weight is 263 g/mol. The maximum absolute atomic E-state index is 12.0. The molecule has 0 aliphatic carbocycles. The fraction of sp³-hybridized carbons (Fsp3) is 0.562. The van der Waals surface area contributed by atoms with Gasteiger partial charge >= 0.3 is 0 Å². The van der Waals surface area contributed by atoms with E-state index < -0.39 is 6.10 Å². The van der Waals surface area contributed by atoms with Gasteiger partial charge in [-0.05, 0) is 37.8 Å². The Morgan fingerprint density at radius 1 is 1.21 bits per heavy atom. The predicted octanol–water partition coefficient (Wildman–Crippen LogP) is 3.18. The van der Waals surface area contributed by atoms with E-state index in [0.29, 0.717) is 5.92 Å². The first kappa shape index (κ1) is 15.5. The molecule has 1 aromatic carbocycles. The van der Waals surface area contributed by atoms with Crippen LogP contribution < -0.4 is 10.1 Å². The van der Waals surface area contributed by atoms with Gasteiger partial charge < -0.3 is 10.1 Å². The minimum absolute atomic E-state index is 0.0629. The van der Waals surface area contributed by atoms with Gasteiger partial charge in [-0.1, -0.05) is 39.0 Å².